The van der Waals surface area contributed by atoms with Crippen molar-refractivity contribution in [3.63, 3.8) is 0 Å². The van der Waals surface area contributed by atoms with Crippen molar-refractivity contribution < 1.29 is 19.1 Å². The number of ether oxygens (including phenoxy) is 1. The lowest BCUT2D eigenvalue weighted by molar-refractivity contribution is -0.159. The van der Waals surface area contributed by atoms with Gasteiger partial charge in [-0.05, 0) is 108 Å². The number of hydrogen-bond donors (Lipinski definition) is 0. The molecule has 5 rings (SSSR count). The van der Waals surface area contributed by atoms with Gasteiger partial charge in [-0.1, -0.05) is 59.6 Å². The molecule has 0 spiro atoms. The zero-order valence-corrected chi connectivity index (χ0v) is 22.9. The molecule has 4 nitrogen and oxygen atoms in total. The van der Waals surface area contributed by atoms with Crippen LogP contribution in [-0.2, 0) is 27.2 Å². The van der Waals surface area contributed by atoms with Crippen LogP contribution in [0.25, 0.3) is 33.0 Å². The van der Waals surface area contributed by atoms with Gasteiger partial charge in [-0.25, -0.2) is 0 Å². The van der Waals surface area contributed by atoms with Crippen molar-refractivity contribution in [1.29, 1.82) is 0 Å². The Balaban J connectivity index is 1.93. The Morgan fingerprint density at radius 3 is 1.71 bits per heavy atom. The summed E-state index contributed by atoms with van der Waals surface area (Å²) in [6.07, 6.45) is 0.425. The lowest BCUT2D eigenvalue weighted by Gasteiger charge is -2.23. The zero-order chi connectivity index (χ0) is 27.2. The molecule has 38 heavy (non-hydrogen) atoms. The van der Waals surface area contributed by atoms with Gasteiger partial charge in [0.1, 0.15) is 11.2 Å². The van der Waals surface area contributed by atoms with Crippen LogP contribution in [0.1, 0.15) is 42.3 Å². The van der Waals surface area contributed by atoms with Crippen molar-refractivity contribution in [3.05, 3.63) is 93.5 Å². The Bertz CT molecular complexity index is 1600. The SMILES string of the molecule is CCOC(=O)C1(C(C)=O)Cc2c(c(-c3ccc(Cl)cc3)c3cc(C(C)=O)ccc3c2-c2ccc(Cl)cc2)C1. The van der Waals surface area contributed by atoms with Gasteiger partial charge in [-0.2, -0.15) is 0 Å². The van der Waals surface area contributed by atoms with Crippen LogP contribution >= 0.6 is 23.2 Å². The fourth-order valence-corrected chi connectivity index (χ4v) is 5.82. The van der Waals surface area contributed by atoms with E-state index in [1.807, 2.05) is 66.7 Å². The summed E-state index contributed by atoms with van der Waals surface area (Å²) in [6.45, 7) is 4.92. The first-order valence-electron chi connectivity index (χ1n) is 12.5. The molecule has 0 N–H and O–H groups in total. The van der Waals surface area contributed by atoms with E-state index in [0.717, 1.165) is 44.2 Å². The number of hydrogen-bond acceptors (Lipinski definition) is 4. The lowest BCUT2D eigenvalue weighted by Crippen LogP contribution is -2.40. The molecule has 0 radical (unpaired) electrons. The van der Waals surface area contributed by atoms with Crippen LogP contribution in [0.5, 0.6) is 0 Å². The molecule has 0 aromatic heterocycles. The topological polar surface area (TPSA) is 60.4 Å². The molecule has 0 heterocycles. The average Bonchev–Trinajstić information content (AvgIpc) is 3.30. The Labute approximate surface area is 231 Å². The third-order valence-corrected chi connectivity index (χ3v) is 8.00. The van der Waals surface area contributed by atoms with Crippen LogP contribution < -0.4 is 0 Å². The number of Topliss-reactive ketones (excluding diaryl/α,β-unsaturated/α-hetero) is 2. The van der Waals surface area contributed by atoms with Crippen molar-refractivity contribution in [2.24, 2.45) is 5.41 Å². The molecule has 1 aliphatic carbocycles. The van der Waals surface area contributed by atoms with Crippen LogP contribution in [0.4, 0.5) is 0 Å². The van der Waals surface area contributed by atoms with Gasteiger partial charge in [0.05, 0.1) is 6.61 Å². The van der Waals surface area contributed by atoms with Crippen LogP contribution in [0.3, 0.4) is 0 Å². The van der Waals surface area contributed by atoms with E-state index in [4.69, 9.17) is 27.9 Å². The molecule has 4 aromatic rings. The van der Waals surface area contributed by atoms with E-state index in [1.165, 1.54) is 13.8 Å². The summed E-state index contributed by atoms with van der Waals surface area (Å²) in [7, 11) is 0. The summed E-state index contributed by atoms with van der Waals surface area (Å²) in [6, 6.07) is 20.7. The smallest absolute Gasteiger partial charge is 0.320 e. The third kappa shape index (κ3) is 4.32. The largest absolute Gasteiger partial charge is 0.465 e. The molecule has 192 valence electrons. The van der Waals surface area contributed by atoms with Crippen LogP contribution in [0.15, 0.2) is 66.7 Å². The Kier molecular flexibility index (Phi) is 6.89. The molecule has 0 aliphatic heterocycles. The number of benzene rings is 4. The van der Waals surface area contributed by atoms with Gasteiger partial charge in [0.25, 0.3) is 0 Å². The standard InChI is InChI=1S/C32H26Cl2O4/c1-4-38-31(37)32(19(3)36)16-27-28(17-32)30(21-7-12-24(34)13-8-21)26-15-22(18(2)35)9-14-25(26)29(27)20-5-10-23(33)11-6-20/h5-15H,4,16-17H2,1-3H3. The van der Waals surface area contributed by atoms with Gasteiger partial charge in [0.2, 0.25) is 0 Å². The van der Waals surface area contributed by atoms with Gasteiger partial charge >= 0.3 is 5.97 Å². The van der Waals surface area contributed by atoms with Crippen LogP contribution in [-0.4, -0.2) is 24.1 Å². The first-order chi connectivity index (χ1) is 18.2. The molecule has 0 bridgehead atoms. The minimum atomic E-state index is -1.33. The number of esters is 1. The molecule has 0 amide bonds. The molecule has 1 unspecified atom stereocenters. The number of halogens is 2. The highest BCUT2D eigenvalue weighted by molar-refractivity contribution is 6.31. The number of fused-ring (bicyclic) bond motifs is 2. The summed E-state index contributed by atoms with van der Waals surface area (Å²) in [5, 5.41) is 2.99. The van der Waals surface area contributed by atoms with Gasteiger partial charge < -0.3 is 4.74 Å². The van der Waals surface area contributed by atoms with Crippen molar-refractivity contribution in [2.45, 2.75) is 33.6 Å². The molecule has 6 heteroatoms. The minimum absolute atomic E-state index is 0.0490. The summed E-state index contributed by atoms with van der Waals surface area (Å²) >= 11 is 12.4. The minimum Gasteiger partial charge on any atom is -0.465 e. The Morgan fingerprint density at radius 2 is 1.26 bits per heavy atom. The summed E-state index contributed by atoms with van der Waals surface area (Å²) in [4.78, 5) is 39.0. The molecule has 0 saturated carbocycles. The first kappa shape index (κ1) is 26.1. The fraction of sp³-hybridized carbons (Fsp3) is 0.219. The van der Waals surface area contributed by atoms with Crippen LogP contribution in [0.2, 0.25) is 10.0 Å². The Hall–Kier alpha value is -3.47. The van der Waals surface area contributed by atoms with E-state index in [1.54, 1.807) is 6.92 Å². The maximum absolute atomic E-state index is 13.4. The summed E-state index contributed by atoms with van der Waals surface area (Å²) in [5.41, 5.74) is 4.68. The van der Waals surface area contributed by atoms with E-state index >= 15 is 0 Å². The van der Waals surface area contributed by atoms with Crippen molar-refractivity contribution in [2.75, 3.05) is 6.61 Å². The highest BCUT2D eigenvalue weighted by atomic mass is 35.5. The average molecular weight is 545 g/mol. The highest BCUT2D eigenvalue weighted by Gasteiger charge is 2.51. The van der Waals surface area contributed by atoms with E-state index < -0.39 is 11.4 Å². The number of ketones is 2. The fourth-order valence-electron chi connectivity index (χ4n) is 5.57. The van der Waals surface area contributed by atoms with Crippen molar-refractivity contribution in [3.8, 4) is 22.3 Å². The molecule has 1 atom stereocenters. The van der Waals surface area contributed by atoms with E-state index in [0.29, 0.717) is 15.6 Å². The second-order valence-corrected chi connectivity index (χ2v) is 10.6. The Morgan fingerprint density at radius 1 is 0.763 bits per heavy atom. The van der Waals surface area contributed by atoms with E-state index in [2.05, 4.69) is 0 Å². The molecular weight excluding hydrogens is 519 g/mol. The second-order valence-electron chi connectivity index (χ2n) is 9.75. The summed E-state index contributed by atoms with van der Waals surface area (Å²) in [5.74, 6) is -0.793. The molecule has 4 aromatic carbocycles. The van der Waals surface area contributed by atoms with Gasteiger partial charge in [0, 0.05) is 15.6 Å². The zero-order valence-electron chi connectivity index (χ0n) is 21.4. The molecule has 0 fully saturated rings. The van der Waals surface area contributed by atoms with E-state index in [9.17, 15) is 14.4 Å². The maximum atomic E-state index is 13.4. The predicted octanol–water partition coefficient (Wildman–Crippen LogP) is 7.92. The normalized spacial score (nSPS) is 16.3. The van der Waals surface area contributed by atoms with Gasteiger partial charge in [-0.3, -0.25) is 14.4 Å². The third-order valence-electron chi connectivity index (χ3n) is 7.50. The lowest BCUT2D eigenvalue weighted by atomic mass is 9.80. The number of carbonyl (C=O) groups is 3. The first-order valence-corrected chi connectivity index (χ1v) is 13.2. The monoisotopic (exact) mass is 544 g/mol. The summed E-state index contributed by atoms with van der Waals surface area (Å²) < 4.78 is 5.45. The second kappa shape index (κ2) is 10.0. The van der Waals surface area contributed by atoms with E-state index in [-0.39, 0.29) is 31.0 Å². The highest BCUT2D eigenvalue weighted by Crippen LogP contribution is 2.51. The van der Waals surface area contributed by atoms with Crippen molar-refractivity contribution in [1.82, 2.24) is 0 Å². The van der Waals surface area contributed by atoms with Gasteiger partial charge in [0.15, 0.2) is 5.78 Å². The molecule has 1 aliphatic rings. The quantitative estimate of drug-likeness (QED) is 0.140. The predicted molar refractivity (Wildman–Crippen MR) is 152 cm³/mol. The van der Waals surface area contributed by atoms with Gasteiger partial charge in [-0.15, -0.1) is 0 Å². The van der Waals surface area contributed by atoms with Crippen molar-refractivity contribution >= 4 is 51.5 Å². The molecule has 0 saturated heterocycles. The molecular formula is C32H26Cl2O4. The number of rotatable bonds is 6. The van der Waals surface area contributed by atoms with Crippen LogP contribution in [0, 0.1) is 5.41 Å². The number of carbonyl (C=O) groups excluding carboxylic acids is 3. The maximum Gasteiger partial charge on any atom is 0.320 e.